The van der Waals surface area contributed by atoms with Gasteiger partial charge in [0.1, 0.15) is 10.7 Å². The molecule has 94 valence electrons. The molecule has 1 aromatic rings. The molecule has 0 radical (unpaired) electrons. The average Bonchev–Trinajstić information content (AvgIpc) is 2.28. The van der Waals surface area contributed by atoms with Crippen molar-refractivity contribution < 1.29 is 4.74 Å². The zero-order valence-corrected chi connectivity index (χ0v) is 11.1. The highest BCUT2D eigenvalue weighted by molar-refractivity contribution is 7.80. The van der Waals surface area contributed by atoms with Crippen LogP contribution in [0.2, 0.25) is 0 Å². The summed E-state index contributed by atoms with van der Waals surface area (Å²) in [4.78, 5) is 4.44. The number of anilines is 1. The Morgan fingerprint density at radius 2 is 2.35 bits per heavy atom. The monoisotopic (exact) mass is 253 g/mol. The fourth-order valence-corrected chi connectivity index (χ4v) is 1.48. The van der Waals surface area contributed by atoms with Crippen molar-refractivity contribution in [3.63, 3.8) is 0 Å². The molecule has 1 aromatic heterocycles. The van der Waals surface area contributed by atoms with E-state index in [1.54, 1.807) is 6.20 Å². The maximum atomic E-state index is 5.58. The number of aromatic nitrogens is 1. The third-order valence-electron chi connectivity index (χ3n) is 2.05. The van der Waals surface area contributed by atoms with Crippen molar-refractivity contribution in [3.05, 3.63) is 24.0 Å². The van der Waals surface area contributed by atoms with Crippen LogP contribution >= 0.6 is 12.2 Å². The van der Waals surface area contributed by atoms with Gasteiger partial charge in [-0.05, 0) is 18.1 Å². The topological polar surface area (TPSA) is 60.2 Å². The van der Waals surface area contributed by atoms with Crippen LogP contribution in [0.3, 0.4) is 0 Å². The van der Waals surface area contributed by atoms with E-state index < -0.39 is 0 Å². The lowest BCUT2D eigenvalue weighted by Crippen LogP contribution is -2.17. The van der Waals surface area contributed by atoms with Gasteiger partial charge in [-0.25, -0.2) is 0 Å². The van der Waals surface area contributed by atoms with E-state index in [1.807, 2.05) is 12.1 Å². The molecule has 0 aliphatic rings. The van der Waals surface area contributed by atoms with Crippen molar-refractivity contribution in [1.82, 2.24) is 4.98 Å². The van der Waals surface area contributed by atoms with Crippen molar-refractivity contribution in [3.8, 4) is 0 Å². The van der Waals surface area contributed by atoms with Crippen LogP contribution in [0, 0.1) is 5.92 Å². The zero-order valence-electron chi connectivity index (χ0n) is 10.3. The van der Waals surface area contributed by atoms with Crippen LogP contribution in [-0.2, 0) is 4.74 Å². The van der Waals surface area contributed by atoms with Gasteiger partial charge in [-0.1, -0.05) is 26.1 Å². The maximum absolute atomic E-state index is 5.58. The van der Waals surface area contributed by atoms with E-state index >= 15 is 0 Å². The molecule has 0 aliphatic heterocycles. The predicted octanol–water partition coefficient (Wildman–Crippen LogP) is 1.80. The Hall–Kier alpha value is -1.20. The Morgan fingerprint density at radius 1 is 1.59 bits per heavy atom. The van der Waals surface area contributed by atoms with Gasteiger partial charge in [-0.2, -0.15) is 0 Å². The van der Waals surface area contributed by atoms with Gasteiger partial charge in [0, 0.05) is 19.3 Å². The molecule has 0 amide bonds. The maximum Gasteiger partial charge on any atom is 0.124 e. The van der Waals surface area contributed by atoms with Gasteiger partial charge in [0.25, 0.3) is 0 Å². The second-order valence-corrected chi connectivity index (χ2v) is 4.60. The van der Waals surface area contributed by atoms with Crippen LogP contribution in [-0.4, -0.2) is 29.7 Å². The standard InChI is InChI=1S/C12H19N3OS/c1-9(2)8-16-7-6-14-10-4-3-5-15-11(10)12(13)17/h3-5,9,14H,6-8H2,1-2H3,(H2,13,17). The number of nitrogens with one attached hydrogen (secondary N) is 1. The lowest BCUT2D eigenvalue weighted by molar-refractivity contribution is 0.118. The second kappa shape index (κ2) is 7.19. The minimum atomic E-state index is 0.302. The van der Waals surface area contributed by atoms with E-state index in [2.05, 4.69) is 24.1 Å². The molecular formula is C12H19N3OS. The number of rotatable bonds is 7. The van der Waals surface area contributed by atoms with E-state index in [1.165, 1.54) is 0 Å². The summed E-state index contributed by atoms with van der Waals surface area (Å²) in [6, 6.07) is 3.75. The van der Waals surface area contributed by atoms with Gasteiger partial charge in [0.05, 0.1) is 12.3 Å². The lowest BCUT2D eigenvalue weighted by atomic mass is 10.2. The van der Waals surface area contributed by atoms with Gasteiger partial charge < -0.3 is 15.8 Å². The Morgan fingerprint density at radius 3 is 3.00 bits per heavy atom. The van der Waals surface area contributed by atoms with Crippen molar-refractivity contribution in [1.29, 1.82) is 0 Å². The molecule has 1 rings (SSSR count). The molecule has 1 heterocycles. The van der Waals surface area contributed by atoms with Gasteiger partial charge in [-0.15, -0.1) is 0 Å². The molecule has 3 N–H and O–H groups in total. The number of hydrogen-bond acceptors (Lipinski definition) is 4. The molecule has 0 spiro atoms. The SMILES string of the molecule is CC(C)COCCNc1cccnc1C(N)=S. The van der Waals surface area contributed by atoms with Crippen LogP contribution in [0.15, 0.2) is 18.3 Å². The first-order valence-corrected chi connectivity index (χ1v) is 6.08. The number of nitrogens with two attached hydrogens (primary N) is 1. The van der Waals surface area contributed by atoms with Crippen molar-refractivity contribution >= 4 is 22.9 Å². The molecule has 17 heavy (non-hydrogen) atoms. The molecule has 0 fully saturated rings. The van der Waals surface area contributed by atoms with Crippen molar-refractivity contribution in [2.24, 2.45) is 11.7 Å². The highest BCUT2D eigenvalue weighted by Gasteiger charge is 2.04. The molecule has 0 bridgehead atoms. The van der Waals surface area contributed by atoms with Crippen molar-refractivity contribution in [2.45, 2.75) is 13.8 Å². The first kappa shape index (κ1) is 13.9. The third-order valence-corrected chi connectivity index (χ3v) is 2.25. The van der Waals surface area contributed by atoms with Crippen LogP contribution in [0.1, 0.15) is 19.5 Å². The van der Waals surface area contributed by atoms with Crippen LogP contribution < -0.4 is 11.1 Å². The van der Waals surface area contributed by atoms with E-state index in [9.17, 15) is 0 Å². The van der Waals surface area contributed by atoms with E-state index in [0.717, 1.165) is 12.3 Å². The second-order valence-electron chi connectivity index (χ2n) is 4.16. The molecule has 0 saturated carbocycles. The Bertz CT molecular complexity index is 369. The minimum absolute atomic E-state index is 0.302. The Labute approximate surface area is 108 Å². The van der Waals surface area contributed by atoms with Crippen molar-refractivity contribution in [2.75, 3.05) is 25.1 Å². The van der Waals surface area contributed by atoms with E-state index in [-0.39, 0.29) is 0 Å². The molecule has 0 saturated heterocycles. The Kier molecular flexibility index (Phi) is 5.86. The predicted molar refractivity (Wildman–Crippen MR) is 74.3 cm³/mol. The number of nitrogens with zero attached hydrogens (tertiary/aromatic N) is 1. The van der Waals surface area contributed by atoms with Crippen LogP contribution in [0.5, 0.6) is 0 Å². The molecular weight excluding hydrogens is 234 g/mol. The summed E-state index contributed by atoms with van der Waals surface area (Å²) in [5.74, 6) is 0.556. The Balaban J connectivity index is 2.39. The van der Waals surface area contributed by atoms with Gasteiger partial charge >= 0.3 is 0 Å². The van der Waals surface area contributed by atoms with Crippen LogP contribution in [0.25, 0.3) is 0 Å². The summed E-state index contributed by atoms with van der Waals surface area (Å²) < 4.78 is 5.47. The highest BCUT2D eigenvalue weighted by Crippen LogP contribution is 2.11. The highest BCUT2D eigenvalue weighted by atomic mass is 32.1. The summed E-state index contributed by atoms with van der Waals surface area (Å²) in [6.45, 7) is 6.40. The molecule has 4 nitrogen and oxygen atoms in total. The summed E-state index contributed by atoms with van der Waals surface area (Å²) in [5, 5.41) is 3.21. The van der Waals surface area contributed by atoms with Gasteiger partial charge in [0.15, 0.2) is 0 Å². The minimum Gasteiger partial charge on any atom is -0.388 e. The molecule has 0 unspecified atom stereocenters. The van der Waals surface area contributed by atoms with Crippen LogP contribution in [0.4, 0.5) is 5.69 Å². The lowest BCUT2D eigenvalue weighted by Gasteiger charge is -2.11. The molecule has 0 aromatic carbocycles. The summed E-state index contributed by atoms with van der Waals surface area (Å²) >= 11 is 4.93. The smallest absolute Gasteiger partial charge is 0.124 e. The normalized spacial score (nSPS) is 10.5. The molecule has 0 aliphatic carbocycles. The third kappa shape index (κ3) is 5.10. The van der Waals surface area contributed by atoms with Gasteiger partial charge in [-0.3, -0.25) is 4.98 Å². The fraction of sp³-hybridized carbons (Fsp3) is 0.500. The first-order valence-electron chi connectivity index (χ1n) is 5.67. The van der Waals surface area contributed by atoms with Gasteiger partial charge in [0.2, 0.25) is 0 Å². The number of hydrogen-bond donors (Lipinski definition) is 2. The average molecular weight is 253 g/mol. The van der Waals surface area contributed by atoms with E-state index in [4.69, 9.17) is 22.7 Å². The molecule has 5 heteroatoms. The largest absolute Gasteiger partial charge is 0.388 e. The first-order chi connectivity index (χ1) is 8.11. The number of ether oxygens (including phenoxy) is 1. The summed E-state index contributed by atoms with van der Waals surface area (Å²) in [7, 11) is 0. The zero-order chi connectivity index (χ0) is 12.7. The molecule has 0 atom stereocenters. The van der Waals surface area contributed by atoms with E-state index in [0.29, 0.717) is 29.8 Å². The summed E-state index contributed by atoms with van der Waals surface area (Å²) in [6.07, 6.45) is 1.68. The quantitative estimate of drug-likeness (QED) is 0.573. The fourth-order valence-electron chi connectivity index (χ4n) is 1.32. The number of thiocarbonyl (C=S) groups is 1. The summed E-state index contributed by atoms with van der Waals surface area (Å²) in [5.41, 5.74) is 7.07. The number of pyridine rings is 1.